The number of fused-ring (bicyclic) bond motifs is 3. The Bertz CT molecular complexity index is 531. The first-order valence-corrected chi connectivity index (χ1v) is 6.13. The van der Waals surface area contributed by atoms with Crippen LogP contribution in [-0.2, 0) is 0 Å². The number of halogens is 1. The number of benzene rings is 1. The van der Waals surface area contributed by atoms with Gasteiger partial charge in [0.15, 0.2) is 0 Å². The van der Waals surface area contributed by atoms with Gasteiger partial charge in [0.05, 0.1) is 11.3 Å². The largest absolute Gasteiger partial charge is 0.346 e. The molecule has 0 unspecified atom stereocenters. The van der Waals surface area contributed by atoms with Crippen molar-refractivity contribution < 1.29 is 9.18 Å². The molecule has 1 atom stereocenters. The van der Waals surface area contributed by atoms with Crippen molar-refractivity contribution >= 4 is 11.6 Å². The van der Waals surface area contributed by atoms with Gasteiger partial charge in [-0.2, -0.15) is 0 Å². The van der Waals surface area contributed by atoms with Crippen molar-refractivity contribution in [3.8, 4) is 0 Å². The summed E-state index contributed by atoms with van der Waals surface area (Å²) < 4.78 is 13.6. The summed E-state index contributed by atoms with van der Waals surface area (Å²) in [6.07, 6.45) is 0. The number of carbonyl (C=O) groups excluding carboxylic acids is 1. The SMILES string of the molecule is Cc1c(F)ccc2c1C(=O)N[C@@]1(C)CNCCN21. The van der Waals surface area contributed by atoms with Crippen molar-refractivity contribution in [3.05, 3.63) is 29.1 Å². The number of piperazine rings is 1. The van der Waals surface area contributed by atoms with E-state index in [1.165, 1.54) is 6.07 Å². The van der Waals surface area contributed by atoms with Gasteiger partial charge >= 0.3 is 0 Å². The Morgan fingerprint density at radius 3 is 3.00 bits per heavy atom. The summed E-state index contributed by atoms with van der Waals surface area (Å²) in [6.45, 7) is 5.99. The van der Waals surface area contributed by atoms with Crippen LogP contribution >= 0.6 is 0 Å². The Kier molecular flexibility index (Phi) is 2.35. The average molecular weight is 249 g/mol. The van der Waals surface area contributed by atoms with Crippen LogP contribution in [0.15, 0.2) is 12.1 Å². The minimum atomic E-state index is -0.424. The quantitative estimate of drug-likeness (QED) is 0.721. The summed E-state index contributed by atoms with van der Waals surface area (Å²) in [7, 11) is 0. The van der Waals surface area contributed by atoms with Gasteiger partial charge in [-0.15, -0.1) is 0 Å². The molecule has 0 aromatic heterocycles. The minimum absolute atomic E-state index is 0.190. The van der Waals surface area contributed by atoms with Gasteiger partial charge in [-0.3, -0.25) is 4.79 Å². The molecule has 3 rings (SSSR count). The average Bonchev–Trinajstić information content (AvgIpc) is 2.32. The lowest BCUT2D eigenvalue weighted by atomic mass is 9.95. The Labute approximate surface area is 105 Å². The first-order chi connectivity index (χ1) is 8.53. The molecule has 96 valence electrons. The van der Waals surface area contributed by atoms with E-state index in [1.54, 1.807) is 13.0 Å². The third kappa shape index (κ3) is 1.43. The van der Waals surface area contributed by atoms with Crippen molar-refractivity contribution in [2.24, 2.45) is 0 Å². The fraction of sp³-hybridized carbons (Fsp3) is 0.462. The van der Waals surface area contributed by atoms with Gasteiger partial charge in [0.1, 0.15) is 11.5 Å². The zero-order chi connectivity index (χ0) is 12.9. The lowest BCUT2D eigenvalue weighted by molar-refractivity contribution is 0.0878. The van der Waals surface area contributed by atoms with E-state index in [2.05, 4.69) is 15.5 Å². The van der Waals surface area contributed by atoms with Crippen molar-refractivity contribution in [3.63, 3.8) is 0 Å². The molecule has 0 spiro atoms. The van der Waals surface area contributed by atoms with E-state index in [0.717, 1.165) is 18.8 Å². The Morgan fingerprint density at radius 1 is 1.44 bits per heavy atom. The maximum Gasteiger partial charge on any atom is 0.255 e. The molecule has 0 saturated carbocycles. The number of rotatable bonds is 0. The molecule has 2 N–H and O–H groups in total. The number of anilines is 1. The maximum atomic E-state index is 13.6. The summed E-state index contributed by atoms with van der Waals surface area (Å²) in [5.41, 5.74) is 1.30. The van der Waals surface area contributed by atoms with E-state index < -0.39 is 5.66 Å². The molecule has 18 heavy (non-hydrogen) atoms. The summed E-state index contributed by atoms with van der Waals surface area (Å²) in [5.74, 6) is -0.521. The van der Waals surface area contributed by atoms with Crippen LogP contribution in [0.25, 0.3) is 0 Å². The topological polar surface area (TPSA) is 44.4 Å². The van der Waals surface area contributed by atoms with Gasteiger partial charge in [-0.05, 0) is 31.5 Å². The van der Waals surface area contributed by atoms with Gasteiger partial charge in [0, 0.05) is 19.6 Å². The third-order valence-corrected chi connectivity index (χ3v) is 3.85. The first kappa shape index (κ1) is 11.5. The van der Waals surface area contributed by atoms with Crippen LogP contribution in [0.1, 0.15) is 22.8 Å². The lowest BCUT2D eigenvalue weighted by Gasteiger charge is -2.50. The monoisotopic (exact) mass is 249 g/mol. The van der Waals surface area contributed by atoms with Gasteiger partial charge in [-0.1, -0.05) is 0 Å². The molecule has 2 aliphatic heterocycles. The highest BCUT2D eigenvalue weighted by Crippen LogP contribution is 2.34. The molecule has 5 heteroatoms. The molecule has 1 aromatic rings. The molecule has 2 aliphatic rings. The first-order valence-electron chi connectivity index (χ1n) is 6.13. The number of hydrogen-bond donors (Lipinski definition) is 2. The van der Waals surface area contributed by atoms with Crippen molar-refractivity contribution in [2.45, 2.75) is 19.5 Å². The molecular formula is C13H16FN3O. The van der Waals surface area contributed by atoms with Crippen LogP contribution in [0, 0.1) is 12.7 Å². The fourth-order valence-corrected chi connectivity index (χ4v) is 2.85. The molecule has 2 heterocycles. The van der Waals surface area contributed by atoms with Crippen molar-refractivity contribution in [1.29, 1.82) is 0 Å². The smallest absolute Gasteiger partial charge is 0.255 e. The highest BCUT2D eigenvalue weighted by atomic mass is 19.1. The van der Waals surface area contributed by atoms with E-state index in [9.17, 15) is 9.18 Å². The zero-order valence-corrected chi connectivity index (χ0v) is 10.5. The second-order valence-corrected chi connectivity index (χ2v) is 5.12. The molecule has 1 aromatic carbocycles. The Balaban J connectivity index is 2.19. The lowest BCUT2D eigenvalue weighted by Crippen LogP contribution is -2.70. The number of carbonyl (C=O) groups is 1. The van der Waals surface area contributed by atoms with Crippen LogP contribution < -0.4 is 15.5 Å². The molecule has 0 bridgehead atoms. The van der Waals surface area contributed by atoms with Crippen LogP contribution in [0.5, 0.6) is 0 Å². The minimum Gasteiger partial charge on any atom is -0.346 e. The normalized spacial score (nSPS) is 26.4. The Morgan fingerprint density at radius 2 is 2.22 bits per heavy atom. The number of nitrogens with zero attached hydrogens (tertiary/aromatic N) is 1. The highest BCUT2D eigenvalue weighted by Gasteiger charge is 2.42. The summed E-state index contributed by atoms with van der Waals surface area (Å²) >= 11 is 0. The zero-order valence-electron chi connectivity index (χ0n) is 10.5. The van der Waals surface area contributed by atoms with Crippen LogP contribution in [0.4, 0.5) is 10.1 Å². The predicted octanol–water partition coefficient (Wildman–Crippen LogP) is 1.00. The standard InChI is InChI=1S/C13H16FN3O/c1-8-9(14)3-4-10-11(8)12(18)16-13(2)7-15-5-6-17(10)13/h3-4,15H,5-7H2,1-2H3,(H,16,18)/t13-/m1/s1. The highest BCUT2D eigenvalue weighted by molar-refractivity contribution is 6.04. The Hall–Kier alpha value is -1.62. The predicted molar refractivity (Wildman–Crippen MR) is 67.2 cm³/mol. The fourth-order valence-electron chi connectivity index (χ4n) is 2.85. The molecule has 0 aliphatic carbocycles. The number of hydrogen-bond acceptors (Lipinski definition) is 3. The van der Waals surface area contributed by atoms with E-state index in [0.29, 0.717) is 17.7 Å². The molecule has 1 amide bonds. The molecule has 0 radical (unpaired) electrons. The molecule has 1 saturated heterocycles. The van der Waals surface area contributed by atoms with Crippen LogP contribution in [0.2, 0.25) is 0 Å². The van der Waals surface area contributed by atoms with Gasteiger partial charge in [-0.25, -0.2) is 4.39 Å². The third-order valence-electron chi connectivity index (χ3n) is 3.85. The number of nitrogens with one attached hydrogen (secondary N) is 2. The summed E-state index contributed by atoms with van der Waals surface area (Å²) in [6, 6.07) is 3.15. The van der Waals surface area contributed by atoms with Crippen molar-refractivity contribution in [1.82, 2.24) is 10.6 Å². The van der Waals surface area contributed by atoms with Crippen LogP contribution in [0.3, 0.4) is 0 Å². The summed E-state index contributed by atoms with van der Waals surface area (Å²) in [4.78, 5) is 14.3. The van der Waals surface area contributed by atoms with Gasteiger partial charge in [0.2, 0.25) is 0 Å². The number of amides is 1. The maximum absolute atomic E-state index is 13.6. The summed E-state index contributed by atoms with van der Waals surface area (Å²) in [5, 5.41) is 6.25. The van der Waals surface area contributed by atoms with Crippen molar-refractivity contribution in [2.75, 3.05) is 24.5 Å². The molecular weight excluding hydrogens is 233 g/mol. The second kappa shape index (κ2) is 3.68. The van der Waals surface area contributed by atoms with E-state index >= 15 is 0 Å². The van der Waals surface area contributed by atoms with Crippen LogP contribution in [-0.4, -0.2) is 31.2 Å². The molecule has 1 fully saturated rings. The van der Waals surface area contributed by atoms with E-state index in [4.69, 9.17) is 0 Å². The molecule has 4 nitrogen and oxygen atoms in total. The van der Waals surface area contributed by atoms with Gasteiger partial charge in [0.25, 0.3) is 5.91 Å². The second-order valence-electron chi connectivity index (χ2n) is 5.12. The van der Waals surface area contributed by atoms with E-state index in [-0.39, 0.29) is 11.7 Å². The van der Waals surface area contributed by atoms with Gasteiger partial charge < -0.3 is 15.5 Å². The van der Waals surface area contributed by atoms with E-state index in [1.807, 2.05) is 6.92 Å².